The minimum Gasteiger partial charge on any atom is -0.355 e. The summed E-state index contributed by atoms with van der Waals surface area (Å²) in [4.78, 5) is 12.4. The summed E-state index contributed by atoms with van der Waals surface area (Å²) in [5.74, 6) is 2.86. The number of hydrogen-bond donors (Lipinski definition) is 1. The van der Waals surface area contributed by atoms with Crippen molar-refractivity contribution in [3.8, 4) is 0 Å². The number of likely N-dealkylation sites (tertiary alicyclic amines) is 1. The van der Waals surface area contributed by atoms with E-state index in [4.69, 9.17) is 0 Å². The minimum absolute atomic E-state index is 0.574. The maximum Gasteiger partial charge on any atom is 0.193 e. The molecule has 4 rings (SSSR count). The van der Waals surface area contributed by atoms with Crippen LogP contribution in [0.4, 0.5) is 0 Å². The zero-order chi connectivity index (χ0) is 16.7. The highest BCUT2D eigenvalue weighted by Gasteiger charge is 2.47. The lowest BCUT2D eigenvalue weighted by atomic mass is 9.90. The molecule has 3 aliphatic heterocycles. The van der Waals surface area contributed by atoms with Gasteiger partial charge in [0, 0.05) is 51.4 Å². The molecule has 4 fully saturated rings. The predicted molar refractivity (Wildman–Crippen MR) is 99.4 cm³/mol. The van der Waals surface area contributed by atoms with Crippen LogP contribution in [0.1, 0.15) is 39.0 Å². The minimum atomic E-state index is 0.574. The van der Waals surface area contributed by atoms with Gasteiger partial charge in [-0.15, -0.1) is 0 Å². The molecule has 3 heterocycles. The number of piperidine rings is 1. The third kappa shape index (κ3) is 3.17. The summed E-state index contributed by atoms with van der Waals surface area (Å²) in [7, 11) is 4.21. The van der Waals surface area contributed by atoms with Crippen molar-refractivity contribution in [1.29, 1.82) is 0 Å². The quantitative estimate of drug-likeness (QED) is 0.624. The Hall–Kier alpha value is -0.810. The summed E-state index contributed by atoms with van der Waals surface area (Å²) in [6.07, 6.45) is 7.02. The Morgan fingerprint density at radius 3 is 2.79 bits per heavy atom. The molecule has 1 aliphatic carbocycles. The molecule has 3 saturated heterocycles. The smallest absolute Gasteiger partial charge is 0.193 e. The highest BCUT2D eigenvalue weighted by molar-refractivity contribution is 5.80. The van der Waals surface area contributed by atoms with Gasteiger partial charge in [0.05, 0.1) is 0 Å². The maximum absolute atomic E-state index is 4.59. The summed E-state index contributed by atoms with van der Waals surface area (Å²) >= 11 is 0. The van der Waals surface area contributed by atoms with Gasteiger partial charge in [-0.2, -0.15) is 0 Å². The zero-order valence-electron chi connectivity index (χ0n) is 15.7. The third-order valence-electron chi connectivity index (χ3n) is 7.00. The van der Waals surface area contributed by atoms with Crippen LogP contribution in [0, 0.1) is 11.8 Å². The Morgan fingerprint density at radius 2 is 2.04 bits per heavy atom. The van der Waals surface area contributed by atoms with Crippen molar-refractivity contribution in [2.75, 3.05) is 46.8 Å². The van der Waals surface area contributed by atoms with Gasteiger partial charge in [0.2, 0.25) is 0 Å². The van der Waals surface area contributed by atoms with E-state index in [-0.39, 0.29) is 0 Å². The fourth-order valence-corrected chi connectivity index (χ4v) is 5.28. The molecule has 4 atom stereocenters. The number of aliphatic imine (C=N–C) groups is 1. The standard InChI is InChI=1S/C19H35N5/c1-14(22(3)16-7-8-16)10-21-19(20-2)24-12-15-11-23-9-5-4-6-18(23)17(15)13-24/h14-18H,4-13H2,1-3H3,(H,20,21)/t14-,15-,17-,18+/m0/s1. The number of likely N-dealkylation sites (N-methyl/N-ethyl adjacent to an activating group) is 1. The van der Waals surface area contributed by atoms with Gasteiger partial charge in [0.1, 0.15) is 0 Å². The molecule has 136 valence electrons. The lowest BCUT2D eigenvalue weighted by Crippen LogP contribution is -2.48. The van der Waals surface area contributed by atoms with Crippen molar-refractivity contribution >= 4 is 5.96 Å². The molecule has 0 radical (unpaired) electrons. The van der Waals surface area contributed by atoms with E-state index < -0.39 is 0 Å². The molecular weight excluding hydrogens is 298 g/mol. The molecule has 0 spiro atoms. The number of nitrogens with zero attached hydrogens (tertiary/aromatic N) is 4. The van der Waals surface area contributed by atoms with E-state index >= 15 is 0 Å². The average molecular weight is 334 g/mol. The molecule has 1 saturated carbocycles. The monoisotopic (exact) mass is 333 g/mol. The largest absolute Gasteiger partial charge is 0.355 e. The number of nitrogens with one attached hydrogen (secondary N) is 1. The van der Waals surface area contributed by atoms with Crippen LogP contribution >= 0.6 is 0 Å². The Kier molecular flexibility index (Phi) is 4.74. The van der Waals surface area contributed by atoms with Crippen molar-refractivity contribution < 1.29 is 0 Å². The van der Waals surface area contributed by atoms with Crippen molar-refractivity contribution in [3.63, 3.8) is 0 Å². The van der Waals surface area contributed by atoms with Crippen LogP contribution in [0.5, 0.6) is 0 Å². The first-order chi connectivity index (χ1) is 11.7. The van der Waals surface area contributed by atoms with Gasteiger partial charge in [-0.25, -0.2) is 0 Å². The SMILES string of the molecule is CN=C(NC[C@H](C)N(C)C1CC1)N1C[C@@H]2CN3CCCC[C@@H]3[C@H]2C1. The van der Waals surface area contributed by atoms with Crippen LogP contribution in [0.25, 0.3) is 0 Å². The zero-order valence-corrected chi connectivity index (χ0v) is 15.7. The highest BCUT2D eigenvalue weighted by atomic mass is 15.3. The lowest BCUT2D eigenvalue weighted by Gasteiger charge is -2.34. The van der Waals surface area contributed by atoms with E-state index in [1.807, 2.05) is 7.05 Å². The lowest BCUT2D eigenvalue weighted by molar-refractivity contribution is 0.163. The molecule has 0 bridgehead atoms. The second kappa shape index (κ2) is 6.83. The summed E-state index contributed by atoms with van der Waals surface area (Å²) < 4.78 is 0. The van der Waals surface area contributed by atoms with Gasteiger partial charge in [0.15, 0.2) is 5.96 Å². The van der Waals surface area contributed by atoms with E-state index in [2.05, 4.69) is 39.0 Å². The fourth-order valence-electron chi connectivity index (χ4n) is 5.28. The molecule has 0 aromatic rings. The molecule has 0 unspecified atom stereocenters. The summed E-state index contributed by atoms with van der Waals surface area (Å²) in [6.45, 7) is 8.40. The van der Waals surface area contributed by atoms with Crippen LogP contribution < -0.4 is 5.32 Å². The van der Waals surface area contributed by atoms with Crippen LogP contribution in [0.3, 0.4) is 0 Å². The molecule has 4 aliphatic rings. The van der Waals surface area contributed by atoms with Gasteiger partial charge in [0.25, 0.3) is 0 Å². The number of guanidine groups is 1. The van der Waals surface area contributed by atoms with Crippen LogP contribution in [-0.2, 0) is 0 Å². The van der Waals surface area contributed by atoms with Gasteiger partial charge >= 0.3 is 0 Å². The Morgan fingerprint density at radius 1 is 1.21 bits per heavy atom. The molecule has 5 nitrogen and oxygen atoms in total. The van der Waals surface area contributed by atoms with Gasteiger partial charge < -0.3 is 10.2 Å². The number of fused-ring (bicyclic) bond motifs is 3. The first-order valence-corrected chi connectivity index (χ1v) is 10.1. The summed E-state index contributed by atoms with van der Waals surface area (Å²) in [5.41, 5.74) is 0. The maximum atomic E-state index is 4.59. The molecule has 0 aromatic carbocycles. The molecule has 5 heteroatoms. The van der Waals surface area contributed by atoms with Crippen molar-refractivity contribution in [1.82, 2.24) is 20.0 Å². The Bertz CT molecular complexity index is 474. The van der Waals surface area contributed by atoms with Crippen LogP contribution in [-0.4, -0.2) is 85.6 Å². The van der Waals surface area contributed by atoms with E-state index in [0.29, 0.717) is 6.04 Å². The summed E-state index contributed by atoms with van der Waals surface area (Å²) in [6, 6.07) is 2.25. The molecule has 0 aromatic heterocycles. The number of rotatable bonds is 4. The molecule has 1 N–H and O–H groups in total. The first-order valence-electron chi connectivity index (χ1n) is 10.1. The predicted octanol–water partition coefficient (Wildman–Crippen LogP) is 1.46. The number of hydrogen-bond acceptors (Lipinski definition) is 3. The van der Waals surface area contributed by atoms with E-state index in [1.165, 1.54) is 58.3 Å². The normalized spacial score (nSPS) is 35.2. The van der Waals surface area contributed by atoms with Crippen molar-refractivity contribution in [2.24, 2.45) is 16.8 Å². The first kappa shape index (κ1) is 16.6. The fraction of sp³-hybridized carbons (Fsp3) is 0.947. The summed E-state index contributed by atoms with van der Waals surface area (Å²) in [5, 5.41) is 3.66. The van der Waals surface area contributed by atoms with Crippen LogP contribution in [0.2, 0.25) is 0 Å². The van der Waals surface area contributed by atoms with Gasteiger partial charge in [-0.3, -0.25) is 14.8 Å². The highest BCUT2D eigenvalue weighted by Crippen LogP contribution is 2.40. The van der Waals surface area contributed by atoms with E-state index in [9.17, 15) is 0 Å². The molecule has 24 heavy (non-hydrogen) atoms. The van der Waals surface area contributed by atoms with Gasteiger partial charge in [-0.1, -0.05) is 6.42 Å². The van der Waals surface area contributed by atoms with Crippen LogP contribution in [0.15, 0.2) is 4.99 Å². The average Bonchev–Trinajstić information content (AvgIpc) is 3.27. The molecule has 0 amide bonds. The van der Waals surface area contributed by atoms with Gasteiger partial charge in [-0.05, 0) is 58.0 Å². The Balaban J connectivity index is 1.30. The van der Waals surface area contributed by atoms with E-state index in [0.717, 1.165) is 36.4 Å². The van der Waals surface area contributed by atoms with Crippen molar-refractivity contribution in [2.45, 2.75) is 57.2 Å². The van der Waals surface area contributed by atoms with Crippen molar-refractivity contribution in [3.05, 3.63) is 0 Å². The third-order valence-corrected chi connectivity index (χ3v) is 7.00. The topological polar surface area (TPSA) is 34.1 Å². The molecular formula is C19H35N5. The second-order valence-electron chi connectivity index (χ2n) is 8.56. The second-order valence-corrected chi connectivity index (χ2v) is 8.56. The van der Waals surface area contributed by atoms with E-state index in [1.54, 1.807) is 0 Å². The Labute approximate surface area is 147 Å².